The summed E-state index contributed by atoms with van der Waals surface area (Å²) >= 11 is 0. The summed E-state index contributed by atoms with van der Waals surface area (Å²) in [5.41, 5.74) is 0.349. The first-order valence-electron chi connectivity index (χ1n) is 10.3. The van der Waals surface area contributed by atoms with Gasteiger partial charge in [0.25, 0.3) is 0 Å². The maximum Gasteiger partial charge on any atom is 0.222 e. The smallest absolute Gasteiger partial charge is 0.222 e. The number of nitrogens with one attached hydrogen (secondary N) is 2. The van der Waals surface area contributed by atoms with Gasteiger partial charge in [0, 0.05) is 31.6 Å². The lowest BCUT2D eigenvalue weighted by Gasteiger charge is -2.33. The van der Waals surface area contributed by atoms with Crippen LogP contribution in [0.3, 0.4) is 0 Å². The SMILES string of the molecule is CC(=O)Nc1ccc(C#CC2(NC(=O)CCN3CCCC3)CCCCC2)cn1. The van der Waals surface area contributed by atoms with Crippen molar-refractivity contribution >= 4 is 17.6 Å². The van der Waals surface area contributed by atoms with Crippen LogP contribution < -0.4 is 10.6 Å². The second-order valence-electron chi connectivity index (χ2n) is 7.85. The average molecular weight is 383 g/mol. The predicted octanol–water partition coefficient (Wildman–Crippen LogP) is 2.70. The van der Waals surface area contributed by atoms with Crippen LogP contribution in [0.2, 0.25) is 0 Å². The molecule has 28 heavy (non-hydrogen) atoms. The van der Waals surface area contributed by atoms with Crippen LogP contribution in [0.25, 0.3) is 0 Å². The van der Waals surface area contributed by atoms with Crippen LogP contribution in [0.1, 0.15) is 63.9 Å². The lowest BCUT2D eigenvalue weighted by molar-refractivity contribution is -0.123. The first-order chi connectivity index (χ1) is 13.5. The van der Waals surface area contributed by atoms with Crippen LogP contribution in [0.5, 0.6) is 0 Å². The summed E-state index contributed by atoms with van der Waals surface area (Å²) in [4.78, 5) is 30.2. The number of hydrogen-bond acceptors (Lipinski definition) is 4. The van der Waals surface area contributed by atoms with Gasteiger partial charge in [-0.05, 0) is 50.9 Å². The van der Waals surface area contributed by atoms with Crippen molar-refractivity contribution in [2.45, 2.75) is 63.8 Å². The minimum atomic E-state index is -0.434. The summed E-state index contributed by atoms with van der Waals surface area (Å²) in [6.45, 7) is 4.51. The van der Waals surface area contributed by atoms with Crippen molar-refractivity contribution in [3.63, 3.8) is 0 Å². The van der Waals surface area contributed by atoms with Crippen molar-refractivity contribution in [3.8, 4) is 11.8 Å². The zero-order valence-corrected chi connectivity index (χ0v) is 16.7. The van der Waals surface area contributed by atoms with Crippen LogP contribution in [0.4, 0.5) is 5.82 Å². The molecule has 150 valence electrons. The van der Waals surface area contributed by atoms with E-state index in [-0.39, 0.29) is 11.8 Å². The molecule has 0 unspecified atom stereocenters. The van der Waals surface area contributed by atoms with Crippen molar-refractivity contribution in [2.24, 2.45) is 0 Å². The Bertz CT molecular complexity index is 736. The molecule has 3 rings (SSSR count). The van der Waals surface area contributed by atoms with Crippen molar-refractivity contribution in [1.29, 1.82) is 0 Å². The number of carbonyl (C=O) groups excluding carboxylic acids is 2. The zero-order valence-electron chi connectivity index (χ0n) is 16.7. The Balaban J connectivity index is 1.63. The van der Waals surface area contributed by atoms with Crippen molar-refractivity contribution < 1.29 is 9.59 Å². The molecular weight excluding hydrogens is 352 g/mol. The third-order valence-electron chi connectivity index (χ3n) is 5.45. The van der Waals surface area contributed by atoms with Crippen LogP contribution in [0, 0.1) is 11.8 Å². The molecule has 0 bridgehead atoms. The third kappa shape index (κ3) is 6.07. The molecule has 0 spiro atoms. The van der Waals surface area contributed by atoms with Gasteiger partial charge in [0.05, 0.1) is 0 Å². The molecule has 6 nitrogen and oxygen atoms in total. The van der Waals surface area contributed by atoms with Crippen molar-refractivity contribution in [2.75, 3.05) is 25.0 Å². The van der Waals surface area contributed by atoms with Gasteiger partial charge in [-0.1, -0.05) is 31.1 Å². The molecule has 0 radical (unpaired) electrons. The predicted molar refractivity (Wildman–Crippen MR) is 110 cm³/mol. The fraction of sp³-hybridized carbons (Fsp3) is 0.591. The van der Waals surface area contributed by atoms with Gasteiger partial charge in [0.1, 0.15) is 11.4 Å². The van der Waals surface area contributed by atoms with Gasteiger partial charge in [0.15, 0.2) is 0 Å². The molecule has 1 saturated carbocycles. The minimum Gasteiger partial charge on any atom is -0.340 e. The lowest BCUT2D eigenvalue weighted by Crippen LogP contribution is -2.49. The maximum atomic E-state index is 12.6. The average Bonchev–Trinajstić information content (AvgIpc) is 3.20. The van der Waals surface area contributed by atoms with Crippen molar-refractivity contribution in [3.05, 3.63) is 23.9 Å². The molecule has 1 aromatic rings. The van der Waals surface area contributed by atoms with E-state index in [1.807, 2.05) is 6.07 Å². The first kappa shape index (κ1) is 20.3. The number of carbonyl (C=O) groups is 2. The molecule has 6 heteroatoms. The molecule has 1 aliphatic carbocycles. The number of rotatable bonds is 5. The second kappa shape index (κ2) is 9.70. The Labute approximate surface area is 167 Å². The minimum absolute atomic E-state index is 0.0993. The van der Waals surface area contributed by atoms with Crippen LogP contribution in [-0.4, -0.2) is 46.9 Å². The van der Waals surface area contributed by atoms with E-state index in [9.17, 15) is 9.59 Å². The van der Waals surface area contributed by atoms with E-state index in [4.69, 9.17) is 0 Å². The van der Waals surface area contributed by atoms with Gasteiger partial charge >= 0.3 is 0 Å². The lowest BCUT2D eigenvalue weighted by atomic mass is 9.82. The molecular formula is C22H30N4O2. The molecule has 2 heterocycles. The highest BCUT2D eigenvalue weighted by Crippen LogP contribution is 2.28. The Morgan fingerprint density at radius 2 is 1.89 bits per heavy atom. The molecule has 2 aliphatic rings. The standard InChI is InChI=1S/C22H30N4O2/c1-18(27)24-20-8-7-19(17-23-20)9-13-22(11-3-2-4-12-22)25-21(28)10-16-26-14-5-6-15-26/h7-8,17H,2-6,10-12,14-16H2,1H3,(H,25,28)(H,23,24,27). The Morgan fingerprint density at radius 3 is 2.54 bits per heavy atom. The van der Waals surface area contributed by atoms with E-state index in [2.05, 4.69) is 32.4 Å². The van der Waals surface area contributed by atoms with E-state index in [1.165, 1.54) is 26.2 Å². The zero-order chi connectivity index (χ0) is 19.8. The fourth-order valence-corrected chi connectivity index (χ4v) is 3.95. The van der Waals surface area contributed by atoms with E-state index in [0.717, 1.165) is 50.9 Å². The number of nitrogens with zero attached hydrogens (tertiary/aromatic N) is 2. The van der Waals surface area contributed by atoms with Gasteiger partial charge in [-0.2, -0.15) is 0 Å². The first-order valence-corrected chi connectivity index (χ1v) is 10.3. The Kier molecular flexibility index (Phi) is 7.05. The van der Waals surface area contributed by atoms with E-state index >= 15 is 0 Å². The highest BCUT2D eigenvalue weighted by Gasteiger charge is 2.31. The molecule has 2 N–H and O–H groups in total. The largest absolute Gasteiger partial charge is 0.340 e. The topological polar surface area (TPSA) is 74.3 Å². The van der Waals surface area contributed by atoms with Gasteiger partial charge in [0.2, 0.25) is 11.8 Å². The number of amides is 2. The highest BCUT2D eigenvalue weighted by molar-refractivity contribution is 5.87. The molecule has 0 aromatic carbocycles. The molecule has 1 saturated heterocycles. The molecule has 1 aromatic heterocycles. The summed E-state index contributed by atoms with van der Waals surface area (Å²) in [7, 11) is 0. The van der Waals surface area contributed by atoms with Gasteiger partial charge in [-0.3, -0.25) is 9.59 Å². The number of aromatic nitrogens is 1. The maximum absolute atomic E-state index is 12.6. The molecule has 0 atom stereocenters. The van der Waals surface area contributed by atoms with Crippen LogP contribution in [0.15, 0.2) is 18.3 Å². The highest BCUT2D eigenvalue weighted by atomic mass is 16.2. The van der Waals surface area contributed by atoms with Gasteiger partial charge in [-0.15, -0.1) is 0 Å². The van der Waals surface area contributed by atoms with Crippen LogP contribution in [-0.2, 0) is 9.59 Å². The third-order valence-corrected chi connectivity index (χ3v) is 5.45. The summed E-state index contributed by atoms with van der Waals surface area (Å²) in [6.07, 6.45) is 9.83. The van der Waals surface area contributed by atoms with Crippen LogP contribution >= 0.6 is 0 Å². The normalized spacial score (nSPS) is 18.8. The second-order valence-corrected chi connectivity index (χ2v) is 7.85. The van der Waals surface area contributed by atoms with E-state index in [1.54, 1.807) is 12.3 Å². The van der Waals surface area contributed by atoms with E-state index in [0.29, 0.717) is 12.2 Å². The summed E-state index contributed by atoms with van der Waals surface area (Å²) in [5, 5.41) is 5.90. The Morgan fingerprint density at radius 1 is 1.14 bits per heavy atom. The van der Waals surface area contributed by atoms with Crippen molar-refractivity contribution in [1.82, 2.24) is 15.2 Å². The quantitative estimate of drug-likeness (QED) is 0.768. The number of likely N-dealkylation sites (tertiary alicyclic amines) is 1. The van der Waals surface area contributed by atoms with E-state index < -0.39 is 5.54 Å². The molecule has 1 aliphatic heterocycles. The number of anilines is 1. The summed E-state index contributed by atoms with van der Waals surface area (Å²) < 4.78 is 0. The summed E-state index contributed by atoms with van der Waals surface area (Å²) in [5.74, 6) is 7.00. The number of hydrogen-bond donors (Lipinski definition) is 2. The monoisotopic (exact) mass is 382 g/mol. The van der Waals surface area contributed by atoms with Gasteiger partial charge < -0.3 is 15.5 Å². The summed E-state index contributed by atoms with van der Waals surface area (Å²) in [6, 6.07) is 3.59. The molecule has 2 fully saturated rings. The number of pyridine rings is 1. The fourth-order valence-electron chi connectivity index (χ4n) is 3.95. The molecule has 2 amide bonds. The Hall–Kier alpha value is -2.39. The van der Waals surface area contributed by atoms with Gasteiger partial charge in [-0.25, -0.2) is 4.98 Å².